The molecule has 0 saturated heterocycles. The number of benzene rings is 4. The van der Waals surface area contributed by atoms with Gasteiger partial charge in [0.15, 0.2) is 0 Å². The highest BCUT2D eigenvalue weighted by Gasteiger charge is 2.05. The van der Waals surface area contributed by atoms with Crippen LogP contribution in [0.5, 0.6) is 11.5 Å². The van der Waals surface area contributed by atoms with Gasteiger partial charge in [-0.05, 0) is 77.2 Å². The van der Waals surface area contributed by atoms with E-state index in [1.807, 2.05) is 97.1 Å². The Hall–Kier alpha value is -4.98. The first-order valence-corrected chi connectivity index (χ1v) is 12.5. The van der Waals surface area contributed by atoms with E-state index in [-0.39, 0.29) is 12.1 Å². The van der Waals surface area contributed by atoms with Gasteiger partial charge in [-0.15, -0.1) is 0 Å². The third-order valence-corrected chi connectivity index (χ3v) is 6.06. The summed E-state index contributed by atoms with van der Waals surface area (Å²) < 4.78 is 10.3. The summed E-state index contributed by atoms with van der Waals surface area (Å²) in [5, 5.41) is 11.4. The molecular formula is C31H32N4O4. The van der Waals surface area contributed by atoms with E-state index in [0.717, 1.165) is 40.2 Å². The van der Waals surface area contributed by atoms with Crippen LogP contribution in [0.2, 0.25) is 0 Å². The van der Waals surface area contributed by atoms with Crippen LogP contribution >= 0.6 is 0 Å². The lowest BCUT2D eigenvalue weighted by Gasteiger charge is -2.10. The summed E-state index contributed by atoms with van der Waals surface area (Å²) in [5.74, 6) is 1.56. The lowest BCUT2D eigenvalue weighted by molar-refractivity contribution is 0.251. The van der Waals surface area contributed by atoms with E-state index in [1.165, 1.54) is 0 Å². The van der Waals surface area contributed by atoms with E-state index < -0.39 is 0 Å². The fraction of sp³-hybridized carbons (Fsp3) is 0.161. The van der Waals surface area contributed by atoms with E-state index in [9.17, 15) is 9.59 Å². The number of amides is 4. The van der Waals surface area contributed by atoms with Gasteiger partial charge in [0.2, 0.25) is 0 Å². The van der Waals surface area contributed by atoms with Gasteiger partial charge >= 0.3 is 12.1 Å². The highest BCUT2D eigenvalue weighted by molar-refractivity contribution is 5.89. The third kappa shape index (κ3) is 8.53. The second-order valence-electron chi connectivity index (χ2n) is 8.88. The second kappa shape index (κ2) is 13.5. The van der Waals surface area contributed by atoms with Crippen LogP contribution in [0.3, 0.4) is 0 Å². The van der Waals surface area contributed by atoms with Crippen LogP contribution < -0.4 is 30.7 Å². The predicted octanol–water partition coefficient (Wildman–Crippen LogP) is 5.94. The maximum absolute atomic E-state index is 12.2. The number of nitrogens with one attached hydrogen (secondary N) is 4. The van der Waals surface area contributed by atoms with Crippen LogP contribution in [-0.2, 0) is 19.5 Å². The molecule has 0 aliphatic heterocycles. The minimum atomic E-state index is -0.269. The first-order chi connectivity index (χ1) is 19.0. The zero-order valence-electron chi connectivity index (χ0n) is 22.0. The molecule has 0 heterocycles. The Kier molecular flexibility index (Phi) is 9.39. The normalized spacial score (nSPS) is 10.3. The van der Waals surface area contributed by atoms with E-state index >= 15 is 0 Å². The topological polar surface area (TPSA) is 101 Å². The van der Waals surface area contributed by atoms with Crippen molar-refractivity contribution in [2.75, 3.05) is 24.9 Å². The van der Waals surface area contributed by atoms with Gasteiger partial charge < -0.3 is 30.7 Å². The molecule has 8 nitrogen and oxygen atoms in total. The van der Waals surface area contributed by atoms with E-state index in [1.54, 1.807) is 14.2 Å². The molecule has 0 saturated carbocycles. The zero-order valence-corrected chi connectivity index (χ0v) is 22.0. The molecule has 0 atom stereocenters. The van der Waals surface area contributed by atoms with Crippen LogP contribution in [0.25, 0.3) is 0 Å². The van der Waals surface area contributed by atoms with Crippen LogP contribution in [0.1, 0.15) is 22.3 Å². The monoisotopic (exact) mass is 524 g/mol. The molecular weight excluding hydrogens is 492 g/mol. The SMILES string of the molecule is COc1ccc(CNC(=O)Nc2ccc(Cc3ccc(NC(=O)NCc4ccc(OC)cc4)cc3)cc2)cc1. The Bertz CT molecular complexity index is 1250. The van der Waals surface area contributed by atoms with Crippen molar-refractivity contribution in [3.63, 3.8) is 0 Å². The van der Waals surface area contributed by atoms with Crippen LogP contribution in [-0.4, -0.2) is 26.3 Å². The number of hydrogen-bond donors (Lipinski definition) is 4. The van der Waals surface area contributed by atoms with Crippen molar-refractivity contribution in [3.05, 3.63) is 119 Å². The number of hydrogen-bond acceptors (Lipinski definition) is 4. The molecule has 0 aliphatic rings. The molecule has 8 heteroatoms. The van der Waals surface area contributed by atoms with Gasteiger partial charge in [0.1, 0.15) is 11.5 Å². The number of methoxy groups -OCH3 is 2. The fourth-order valence-corrected chi connectivity index (χ4v) is 3.85. The highest BCUT2D eigenvalue weighted by Crippen LogP contribution is 2.17. The Labute approximate surface area is 228 Å². The predicted molar refractivity (Wildman–Crippen MR) is 153 cm³/mol. The summed E-state index contributed by atoms with van der Waals surface area (Å²) in [7, 11) is 3.24. The molecule has 0 fully saturated rings. The summed E-state index contributed by atoms with van der Waals surface area (Å²) >= 11 is 0. The van der Waals surface area contributed by atoms with Gasteiger partial charge in [-0.3, -0.25) is 0 Å². The largest absolute Gasteiger partial charge is 0.497 e. The van der Waals surface area contributed by atoms with Crippen molar-refractivity contribution in [1.29, 1.82) is 0 Å². The second-order valence-corrected chi connectivity index (χ2v) is 8.88. The van der Waals surface area contributed by atoms with Crippen LogP contribution in [0.15, 0.2) is 97.1 Å². The maximum Gasteiger partial charge on any atom is 0.319 e. The first-order valence-electron chi connectivity index (χ1n) is 12.5. The van der Waals surface area contributed by atoms with Gasteiger partial charge in [0, 0.05) is 24.5 Å². The first kappa shape index (κ1) is 27.1. The van der Waals surface area contributed by atoms with Crippen molar-refractivity contribution < 1.29 is 19.1 Å². The molecule has 0 bridgehead atoms. The third-order valence-electron chi connectivity index (χ3n) is 6.06. The van der Waals surface area contributed by atoms with Crippen molar-refractivity contribution in [1.82, 2.24) is 10.6 Å². The van der Waals surface area contributed by atoms with Gasteiger partial charge in [0.05, 0.1) is 14.2 Å². The zero-order chi connectivity index (χ0) is 27.5. The van der Waals surface area contributed by atoms with Crippen LogP contribution in [0.4, 0.5) is 21.0 Å². The minimum Gasteiger partial charge on any atom is -0.497 e. The average Bonchev–Trinajstić information content (AvgIpc) is 2.97. The molecule has 0 aliphatic carbocycles. The van der Waals surface area contributed by atoms with Crippen molar-refractivity contribution >= 4 is 23.4 Å². The quantitative estimate of drug-likeness (QED) is 0.206. The average molecular weight is 525 g/mol. The van der Waals surface area contributed by atoms with E-state index in [4.69, 9.17) is 9.47 Å². The lowest BCUT2D eigenvalue weighted by Crippen LogP contribution is -2.28. The molecule has 39 heavy (non-hydrogen) atoms. The molecule has 200 valence electrons. The number of rotatable bonds is 10. The van der Waals surface area contributed by atoms with E-state index in [2.05, 4.69) is 21.3 Å². The Morgan fingerprint density at radius 3 is 1.18 bits per heavy atom. The molecule has 4 aromatic carbocycles. The van der Waals surface area contributed by atoms with Gasteiger partial charge in [0.25, 0.3) is 0 Å². The highest BCUT2D eigenvalue weighted by atomic mass is 16.5. The molecule has 0 aromatic heterocycles. The van der Waals surface area contributed by atoms with Gasteiger partial charge in [-0.1, -0.05) is 48.5 Å². The molecule has 4 rings (SSSR count). The smallest absolute Gasteiger partial charge is 0.319 e. The Morgan fingerprint density at radius 1 is 0.513 bits per heavy atom. The number of carbonyl (C=O) groups is 2. The minimum absolute atomic E-state index is 0.269. The summed E-state index contributed by atoms with van der Waals surface area (Å²) in [6.07, 6.45) is 0.730. The molecule has 4 aromatic rings. The molecule has 4 N–H and O–H groups in total. The maximum atomic E-state index is 12.2. The van der Waals surface area contributed by atoms with Crippen molar-refractivity contribution in [3.8, 4) is 11.5 Å². The summed E-state index contributed by atoms with van der Waals surface area (Å²) in [4.78, 5) is 24.5. The van der Waals surface area contributed by atoms with Gasteiger partial charge in [-0.25, -0.2) is 9.59 Å². The summed E-state index contributed by atoms with van der Waals surface area (Å²) in [5.41, 5.74) is 5.61. The lowest BCUT2D eigenvalue weighted by atomic mass is 10.0. The molecule has 0 unspecified atom stereocenters. The number of urea groups is 2. The molecule has 0 spiro atoms. The number of carbonyl (C=O) groups excluding carboxylic acids is 2. The summed E-state index contributed by atoms with van der Waals surface area (Å²) in [6, 6.07) is 30.0. The van der Waals surface area contributed by atoms with Gasteiger partial charge in [-0.2, -0.15) is 0 Å². The Balaban J connectivity index is 1.20. The number of anilines is 2. The van der Waals surface area contributed by atoms with E-state index in [0.29, 0.717) is 24.5 Å². The standard InChI is InChI=1S/C31H32N4O4/c1-38-28-15-7-24(8-16-28)20-32-30(36)34-26-11-3-22(4-12-26)19-23-5-13-27(14-6-23)35-31(37)33-21-25-9-17-29(39-2)18-10-25/h3-18H,19-21H2,1-2H3,(H2,32,34,36)(H2,33,35,37). The van der Waals surface area contributed by atoms with Crippen molar-refractivity contribution in [2.45, 2.75) is 19.5 Å². The van der Waals surface area contributed by atoms with Crippen molar-refractivity contribution in [2.24, 2.45) is 0 Å². The number of ether oxygens (including phenoxy) is 2. The fourth-order valence-electron chi connectivity index (χ4n) is 3.85. The molecule has 4 amide bonds. The molecule has 0 radical (unpaired) electrons. The summed E-state index contributed by atoms with van der Waals surface area (Å²) in [6.45, 7) is 0.839. The van der Waals surface area contributed by atoms with Crippen LogP contribution in [0, 0.1) is 0 Å². The Morgan fingerprint density at radius 2 is 0.846 bits per heavy atom.